The first kappa shape index (κ1) is 21.5. The summed E-state index contributed by atoms with van der Waals surface area (Å²) in [5.41, 5.74) is 6.72. The molecule has 2 aromatic rings. The minimum Gasteiger partial charge on any atom is -0.348 e. The molecule has 1 atom stereocenters. The monoisotopic (exact) mass is 412 g/mol. The first-order valence-electron chi connectivity index (χ1n) is 11.8. The predicted octanol–water partition coefficient (Wildman–Crippen LogP) is 7.61. The Morgan fingerprint density at radius 2 is 1.39 bits per heavy atom. The molecule has 0 radical (unpaired) electrons. The molecule has 2 aromatic carbocycles. The molecule has 0 saturated heterocycles. The SMILES string of the molecule is CC(C)CCN1C=CC(=CC2C=CN(CCC(C)C)c3ccccc32)c2ccccc21. The van der Waals surface area contributed by atoms with Crippen LogP contribution in [0.25, 0.3) is 5.57 Å². The second-order valence-corrected chi connectivity index (χ2v) is 9.63. The van der Waals surface area contributed by atoms with Gasteiger partial charge in [0, 0.05) is 48.3 Å². The number of para-hydroxylation sites is 2. The van der Waals surface area contributed by atoms with Crippen LogP contribution in [-0.4, -0.2) is 13.1 Å². The summed E-state index contributed by atoms with van der Waals surface area (Å²) < 4.78 is 0. The van der Waals surface area contributed by atoms with E-state index in [1.54, 1.807) is 0 Å². The molecule has 0 aliphatic carbocycles. The highest BCUT2D eigenvalue weighted by molar-refractivity contribution is 5.87. The van der Waals surface area contributed by atoms with Gasteiger partial charge < -0.3 is 9.80 Å². The lowest BCUT2D eigenvalue weighted by molar-refractivity contribution is 0.588. The molecule has 2 nitrogen and oxygen atoms in total. The number of benzene rings is 2. The van der Waals surface area contributed by atoms with Crippen LogP contribution in [0.15, 0.2) is 79.2 Å². The highest BCUT2D eigenvalue weighted by Gasteiger charge is 2.22. The maximum atomic E-state index is 2.43. The standard InChI is InChI=1S/C29H36N2/c1-22(2)13-17-30-19-15-24(26-9-5-7-11-28(26)30)21-25-16-20-31(18-14-23(3)4)29-12-8-6-10-27(25)29/h5-12,15-16,19-24H,13-14,17-18H2,1-4H3. The van der Waals surface area contributed by atoms with Gasteiger partial charge in [0.05, 0.1) is 0 Å². The van der Waals surface area contributed by atoms with Crippen LogP contribution in [0.2, 0.25) is 0 Å². The lowest BCUT2D eigenvalue weighted by Gasteiger charge is -2.31. The molecule has 2 aliphatic rings. The highest BCUT2D eigenvalue weighted by Crippen LogP contribution is 2.39. The minimum atomic E-state index is 0.293. The second kappa shape index (κ2) is 9.60. The van der Waals surface area contributed by atoms with Crippen molar-refractivity contribution >= 4 is 16.9 Å². The molecule has 2 heterocycles. The first-order chi connectivity index (χ1) is 15.0. The zero-order chi connectivity index (χ0) is 21.8. The van der Waals surface area contributed by atoms with E-state index in [1.807, 2.05) is 0 Å². The lowest BCUT2D eigenvalue weighted by atomic mass is 9.89. The fraction of sp³-hybridized carbons (Fsp3) is 0.379. The van der Waals surface area contributed by atoms with Crippen LogP contribution in [0.5, 0.6) is 0 Å². The zero-order valence-corrected chi connectivity index (χ0v) is 19.5. The van der Waals surface area contributed by atoms with Gasteiger partial charge in [0.15, 0.2) is 0 Å². The van der Waals surface area contributed by atoms with Crippen molar-refractivity contribution in [1.29, 1.82) is 0 Å². The summed E-state index contributed by atoms with van der Waals surface area (Å²) in [6.45, 7) is 11.3. The van der Waals surface area contributed by atoms with Crippen molar-refractivity contribution in [2.24, 2.45) is 11.8 Å². The Hall–Kier alpha value is -2.74. The zero-order valence-electron chi connectivity index (χ0n) is 19.5. The van der Waals surface area contributed by atoms with Gasteiger partial charge in [-0.05, 0) is 54.0 Å². The molecule has 0 bridgehead atoms. The van der Waals surface area contributed by atoms with E-state index in [2.05, 4.69) is 117 Å². The molecule has 0 aromatic heterocycles. The maximum absolute atomic E-state index is 2.43. The second-order valence-electron chi connectivity index (χ2n) is 9.63. The van der Waals surface area contributed by atoms with E-state index in [4.69, 9.17) is 0 Å². The summed E-state index contributed by atoms with van der Waals surface area (Å²) in [5, 5.41) is 0. The van der Waals surface area contributed by atoms with Gasteiger partial charge in [0.2, 0.25) is 0 Å². The molecule has 0 amide bonds. The summed E-state index contributed by atoms with van der Waals surface area (Å²) in [4.78, 5) is 4.83. The number of rotatable bonds is 7. The van der Waals surface area contributed by atoms with Crippen molar-refractivity contribution in [3.05, 3.63) is 90.3 Å². The maximum Gasteiger partial charge on any atom is 0.0485 e. The first-order valence-corrected chi connectivity index (χ1v) is 11.8. The summed E-state index contributed by atoms with van der Waals surface area (Å²) in [6.07, 6.45) is 14.0. The molecule has 162 valence electrons. The van der Waals surface area contributed by atoms with Crippen LogP contribution in [0, 0.1) is 11.8 Å². The van der Waals surface area contributed by atoms with Gasteiger partial charge in [-0.3, -0.25) is 0 Å². The van der Waals surface area contributed by atoms with Crippen molar-refractivity contribution in [1.82, 2.24) is 0 Å². The van der Waals surface area contributed by atoms with Gasteiger partial charge in [-0.1, -0.05) is 76.2 Å². The Labute approximate surface area is 188 Å². The third-order valence-electron chi connectivity index (χ3n) is 6.29. The summed E-state index contributed by atoms with van der Waals surface area (Å²) in [7, 11) is 0. The Kier molecular flexibility index (Phi) is 6.65. The normalized spacial score (nSPS) is 18.8. The van der Waals surface area contributed by atoms with Crippen LogP contribution < -0.4 is 9.80 Å². The van der Waals surface area contributed by atoms with Crippen molar-refractivity contribution in [2.45, 2.75) is 46.5 Å². The summed E-state index contributed by atoms with van der Waals surface area (Å²) in [6, 6.07) is 17.7. The molecule has 2 heteroatoms. The van der Waals surface area contributed by atoms with Crippen LogP contribution in [0.4, 0.5) is 11.4 Å². The Balaban J connectivity index is 1.63. The van der Waals surface area contributed by atoms with Gasteiger partial charge in [-0.15, -0.1) is 0 Å². The van der Waals surface area contributed by atoms with E-state index < -0.39 is 0 Å². The highest BCUT2D eigenvalue weighted by atomic mass is 15.1. The van der Waals surface area contributed by atoms with Crippen LogP contribution in [0.1, 0.15) is 57.6 Å². The third-order valence-corrected chi connectivity index (χ3v) is 6.29. The quantitative estimate of drug-likeness (QED) is 0.461. The molecule has 0 saturated carbocycles. The Morgan fingerprint density at radius 3 is 2.10 bits per heavy atom. The number of allylic oxidation sites excluding steroid dienone is 4. The van der Waals surface area contributed by atoms with E-state index in [0.717, 1.165) is 13.1 Å². The molecular weight excluding hydrogens is 376 g/mol. The van der Waals surface area contributed by atoms with Gasteiger partial charge >= 0.3 is 0 Å². The topological polar surface area (TPSA) is 6.48 Å². The van der Waals surface area contributed by atoms with Gasteiger partial charge in [-0.25, -0.2) is 0 Å². The largest absolute Gasteiger partial charge is 0.348 e. The molecule has 4 rings (SSSR count). The molecule has 0 N–H and O–H groups in total. The van der Waals surface area contributed by atoms with Crippen molar-refractivity contribution < 1.29 is 0 Å². The van der Waals surface area contributed by atoms with Crippen LogP contribution >= 0.6 is 0 Å². The van der Waals surface area contributed by atoms with Gasteiger partial charge in [0.25, 0.3) is 0 Å². The van der Waals surface area contributed by atoms with E-state index in [-0.39, 0.29) is 0 Å². The fourth-order valence-corrected chi connectivity index (χ4v) is 4.39. The Morgan fingerprint density at radius 1 is 0.774 bits per heavy atom. The average molecular weight is 413 g/mol. The lowest BCUT2D eigenvalue weighted by Crippen LogP contribution is -2.24. The molecular formula is C29H36N2. The minimum absolute atomic E-state index is 0.293. The van der Waals surface area contributed by atoms with Gasteiger partial charge in [-0.2, -0.15) is 0 Å². The van der Waals surface area contributed by atoms with Crippen LogP contribution in [0.3, 0.4) is 0 Å². The Bertz CT molecular complexity index is 980. The summed E-state index contributed by atoms with van der Waals surface area (Å²) in [5.74, 6) is 1.71. The van der Waals surface area contributed by atoms with Crippen LogP contribution in [-0.2, 0) is 0 Å². The smallest absolute Gasteiger partial charge is 0.0485 e. The van der Waals surface area contributed by atoms with Crippen molar-refractivity contribution in [3.8, 4) is 0 Å². The fourth-order valence-electron chi connectivity index (χ4n) is 4.39. The molecule has 0 spiro atoms. The molecule has 1 unspecified atom stereocenters. The number of fused-ring (bicyclic) bond motifs is 2. The van der Waals surface area contributed by atoms with Gasteiger partial charge in [0.1, 0.15) is 0 Å². The summed E-state index contributed by atoms with van der Waals surface area (Å²) >= 11 is 0. The predicted molar refractivity (Wildman–Crippen MR) is 135 cm³/mol. The third kappa shape index (κ3) is 4.95. The van der Waals surface area contributed by atoms with Crippen molar-refractivity contribution in [3.63, 3.8) is 0 Å². The average Bonchev–Trinajstić information content (AvgIpc) is 2.77. The van der Waals surface area contributed by atoms with Crippen molar-refractivity contribution in [2.75, 3.05) is 22.9 Å². The number of anilines is 2. The van der Waals surface area contributed by atoms with E-state index in [1.165, 1.54) is 40.9 Å². The number of hydrogen-bond donors (Lipinski definition) is 0. The molecule has 2 aliphatic heterocycles. The molecule has 31 heavy (non-hydrogen) atoms. The van der Waals surface area contributed by atoms with E-state index in [9.17, 15) is 0 Å². The molecule has 0 fully saturated rings. The number of hydrogen-bond acceptors (Lipinski definition) is 2. The van der Waals surface area contributed by atoms with E-state index >= 15 is 0 Å². The number of nitrogens with zero attached hydrogens (tertiary/aromatic N) is 2. The van der Waals surface area contributed by atoms with E-state index in [0.29, 0.717) is 17.8 Å².